The first-order valence-electron chi connectivity index (χ1n) is 9.88. The minimum absolute atomic E-state index is 0.163. The van der Waals surface area contributed by atoms with E-state index in [4.69, 9.17) is 4.74 Å². The first-order chi connectivity index (χ1) is 14.8. The Morgan fingerprint density at radius 3 is 2.68 bits per heavy atom. The number of hydrogen-bond donors (Lipinski definition) is 0. The zero-order chi connectivity index (χ0) is 22.2. The third kappa shape index (κ3) is 4.16. The lowest BCUT2D eigenvalue weighted by molar-refractivity contribution is -0.149. The molecule has 2 aromatic heterocycles. The second-order valence-corrected chi connectivity index (χ2v) is 8.16. The summed E-state index contributed by atoms with van der Waals surface area (Å²) in [6.45, 7) is 2.72. The van der Waals surface area contributed by atoms with Gasteiger partial charge in [0.25, 0.3) is 5.91 Å². The van der Waals surface area contributed by atoms with Crippen molar-refractivity contribution < 1.29 is 27.5 Å². The molecule has 1 aromatic carbocycles. The number of benzene rings is 1. The number of esters is 1. The highest BCUT2D eigenvalue weighted by atomic mass is 32.1. The number of ether oxygens (including phenoxy) is 1. The van der Waals surface area contributed by atoms with E-state index < -0.39 is 17.7 Å². The molecule has 31 heavy (non-hydrogen) atoms. The van der Waals surface area contributed by atoms with Gasteiger partial charge in [0.2, 0.25) is 0 Å². The Morgan fingerprint density at radius 1 is 1.26 bits per heavy atom. The molecular weight excluding hydrogens is 431 g/mol. The van der Waals surface area contributed by atoms with Crippen molar-refractivity contribution in [2.75, 3.05) is 19.7 Å². The molecule has 0 N–H and O–H groups in total. The van der Waals surface area contributed by atoms with Gasteiger partial charge in [0, 0.05) is 30.2 Å². The number of imidazole rings is 1. The lowest BCUT2D eigenvalue weighted by Gasteiger charge is -2.31. The lowest BCUT2D eigenvalue weighted by atomic mass is 9.97. The summed E-state index contributed by atoms with van der Waals surface area (Å²) in [7, 11) is 0. The van der Waals surface area contributed by atoms with Gasteiger partial charge in [0.15, 0.2) is 10.7 Å². The van der Waals surface area contributed by atoms with Gasteiger partial charge in [-0.3, -0.25) is 14.0 Å². The number of halogens is 3. The molecule has 1 unspecified atom stereocenters. The van der Waals surface area contributed by atoms with Gasteiger partial charge in [-0.1, -0.05) is 12.1 Å². The van der Waals surface area contributed by atoms with E-state index in [0.717, 1.165) is 12.1 Å². The Labute approximate surface area is 180 Å². The molecule has 0 radical (unpaired) electrons. The van der Waals surface area contributed by atoms with Crippen molar-refractivity contribution in [3.8, 4) is 11.3 Å². The summed E-state index contributed by atoms with van der Waals surface area (Å²) in [6, 6.07) is 4.68. The Balaban J connectivity index is 1.68. The molecule has 1 saturated heterocycles. The fourth-order valence-electron chi connectivity index (χ4n) is 3.79. The van der Waals surface area contributed by atoms with E-state index in [1.807, 2.05) is 0 Å². The number of alkyl halides is 3. The molecular formula is C21H20F3N3O3S. The predicted molar refractivity (Wildman–Crippen MR) is 109 cm³/mol. The van der Waals surface area contributed by atoms with Gasteiger partial charge in [-0.25, -0.2) is 4.98 Å². The fraction of sp³-hybridized carbons (Fsp3) is 0.381. The molecule has 0 bridgehead atoms. The van der Waals surface area contributed by atoms with Crippen molar-refractivity contribution in [1.29, 1.82) is 0 Å². The number of fused-ring (bicyclic) bond motifs is 1. The van der Waals surface area contributed by atoms with E-state index in [1.165, 1.54) is 23.5 Å². The highest BCUT2D eigenvalue weighted by molar-refractivity contribution is 7.15. The monoisotopic (exact) mass is 451 g/mol. The highest BCUT2D eigenvalue weighted by Gasteiger charge is 2.33. The van der Waals surface area contributed by atoms with E-state index in [0.29, 0.717) is 35.6 Å². The summed E-state index contributed by atoms with van der Waals surface area (Å²) in [6.07, 6.45) is -1.41. The van der Waals surface area contributed by atoms with Crippen molar-refractivity contribution in [2.45, 2.75) is 25.9 Å². The summed E-state index contributed by atoms with van der Waals surface area (Å²) in [4.78, 5) is 32.1. The maximum absolute atomic E-state index is 13.3. The molecule has 6 nitrogen and oxygen atoms in total. The summed E-state index contributed by atoms with van der Waals surface area (Å²) >= 11 is 1.33. The van der Waals surface area contributed by atoms with E-state index in [1.54, 1.807) is 27.8 Å². The highest BCUT2D eigenvalue weighted by Crippen LogP contribution is 2.33. The second kappa shape index (κ2) is 8.33. The third-order valence-corrected chi connectivity index (χ3v) is 6.04. The molecule has 0 aliphatic carbocycles. The minimum atomic E-state index is -4.44. The minimum Gasteiger partial charge on any atom is -0.466 e. The van der Waals surface area contributed by atoms with Crippen LogP contribution in [0.25, 0.3) is 16.2 Å². The molecule has 0 spiro atoms. The summed E-state index contributed by atoms with van der Waals surface area (Å²) in [5.74, 6) is -1.07. The van der Waals surface area contributed by atoms with Gasteiger partial charge in [0.05, 0.1) is 23.8 Å². The summed E-state index contributed by atoms with van der Waals surface area (Å²) in [5, 5.41) is 1.79. The maximum Gasteiger partial charge on any atom is 0.416 e. The Bertz CT molecular complexity index is 1100. The van der Waals surface area contributed by atoms with Crippen LogP contribution >= 0.6 is 11.3 Å². The Hall–Kier alpha value is -2.88. The van der Waals surface area contributed by atoms with Gasteiger partial charge in [-0.15, -0.1) is 11.3 Å². The average Bonchev–Trinajstić information content (AvgIpc) is 3.34. The van der Waals surface area contributed by atoms with Crippen LogP contribution in [-0.4, -0.2) is 45.9 Å². The topological polar surface area (TPSA) is 63.9 Å². The van der Waals surface area contributed by atoms with Crippen LogP contribution in [0.4, 0.5) is 13.2 Å². The lowest BCUT2D eigenvalue weighted by Crippen LogP contribution is -2.43. The molecule has 1 aliphatic heterocycles. The van der Waals surface area contributed by atoms with Gasteiger partial charge < -0.3 is 9.64 Å². The fourth-order valence-corrected chi connectivity index (χ4v) is 4.51. The molecule has 1 atom stereocenters. The Kier molecular flexibility index (Phi) is 5.74. The number of likely N-dealkylation sites (tertiary alicyclic amines) is 1. The van der Waals surface area contributed by atoms with Crippen molar-refractivity contribution in [3.05, 3.63) is 47.1 Å². The van der Waals surface area contributed by atoms with Gasteiger partial charge >= 0.3 is 12.1 Å². The van der Waals surface area contributed by atoms with Gasteiger partial charge in [-0.2, -0.15) is 13.2 Å². The second-order valence-electron chi connectivity index (χ2n) is 7.28. The first kappa shape index (κ1) is 21.4. The van der Waals surface area contributed by atoms with Crippen LogP contribution in [0.15, 0.2) is 35.8 Å². The van der Waals surface area contributed by atoms with Gasteiger partial charge in [-0.05, 0) is 31.9 Å². The van der Waals surface area contributed by atoms with Crippen LogP contribution in [0.5, 0.6) is 0 Å². The standard InChI is InChI=1S/C21H20F3N3O3S/c1-2-30-19(29)14-4-3-9-26(12-14)18(28)16-17(27-10-11-31-20(27)25-16)13-5-7-15(8-6-13)21(22,23)24/h5-8,10-11,14H,2-4,9,12H2,1H3. The molecule has 0 saturated carbocycles. The SMILES string of the molecule is CCOC(=O)C1CCCN(C(=O)c2nc3sccn3c2-c2ccc(C(F)(F)F)cc2)C1. The first-order valence-corrected chi connectivity index (χ1v) is 10.8. The predicted octanol–water partition coefficient (Wildman–Crippen LogP) is 4.50. The van der Waals surface area contributed by atoms with Crippen LogP contribution in [0.3, 0.4) is 0 Å². The molecule has 164 valence electrons. The normalized spacial score (nSPS) is 17.2. The zero-order valence-corrected chi connectivity index (χ0v) is 17.5. The van der Waals surface area contributed by atoms with Crippen molar-refractivity contribution in [3.63, 3.8) is 0 Å². The van der Waals surface area contributed by atoms with Crippen LogP contribution in [0.1, 0.15) is 35.8 Å². The van der Waals surface area contributed by atoms with Crippen molar-refractivity contribution in [1.82, 2.24) is 14.3 Å². The Morgan fingerprint density at radius 2 is 2.00 bits per heavy atom. The number of hydrogen-bond acceptors (Lipinski definition) is 5. The smallest absolute Gasteiger partial charge is 0.416 e. The van der Waals surface area contributed by atoms with Gasteiger partial charge in [0.1, 0.15) is 0 Å². The van der Waals surface area contributed by atoms with Crippen LogP contribution in [0, 0.1) is 5.92 Å². The van der Waals surface area contributed by atoms with Crippen LogP contribution in [-0.2, 0) is 15.7 Å². The third-order valence-electron chi connectivity index (χ3n) is 5.28. The van der Waals surface area contributed by atoms with Crippen molar-refractivity contribution in [2.24, 2.45) is 5.92 Å². The largest absolute Gasteiger partial charge is 0.466 e. The molecule has 3 heterocycles. The van der Waals surface area contributed by atoms with E-state index in [-0.39, 0.29) is 30.7 Å². The number of thiazole rings is 1. The molecule has 10 heteroatoms. The van der Waals surface area contributed by atoms with E-state index in [9.17, 15) is 22.8 Å². The number of aromatic nitrogens is 2. The molecule has 1 fully saturated rings. The molecule has 4 rings (SSSR count). The number of rotatable bonds is 4. The quantitative estimate of drug-likeness (QED) is 0.548. The number of piperidine rings is 1. The molecule has 3 aromatic rings. The number of carbonyl (C=O) groups is 2. The molecule has 1 aliphatic rings. The summed E-state index contributed by atoms with van der Waals surface area (Å²) < 4.78 is 45.7. The maximum atomic E-state index is 13.3. The average molecular weight is 451 g/mol. The van der Waals surface area contributed by atoms with Crippen LogP contribution < -0.4 is 0 Å². The van der Waals surface area contributed by atoms with Crippen LogP contribution in [0.2, 0.25) is 0 Å². The number of nitrogens with zero attached hydrogens (tertiary/aromatic N) is 3. The zero-order valence-electron chi connectivity index (χ0n) is 16.7. The van der Waals surface area contributed by atoms with Crippen molar-refractivity contribution >= 4 is 28.2 Å². The molecule has 1 amide bonds. The van der Waals surface area contributed by atoms with E-state index in [2.05, 4.69) is 4.98 Å². The number of carbonyl (C=O) groups excluding carboxylic acids is 2. The summed E-state index contributed by atoms with van der Waals surface area (Å²) in [5.41, 5.74) is 0.300. The van der Waals surface area contributed by atoms with E-state index >= 15 is 0 Å². The number of amides is 1.